The molecule has 0 aromatic heterocycles. The van der Waals surface area contributed by atoms with Crippen LogP contribution in [0.1, 0.15) is 16.7 Å². The highest BCUT2D eigenvalue weighted by atomic mass is 35.5. The van der Waals surface area contributed by atoms with Crippen LogP contribution < -0.4 is 5.32 Å². The molecule has 22 heavy (non-hydrogen) atoms. The fraction of sp³-hybridized carbons (Fsp3) is 0.125. The Balaban J connectivity index is 2.27. The molecule has 114 valence electrons. The van der Waals surface area contributed by atoms with Crippen molar-refractivity contribution in [3.63, 3.8) is 0 Å². The summed E-state index contributed by atoms with van der Waals surface area (Å²) in [6.45, 7) is 2.30. The van der Waals surface area contributed by atoms with Gasteiger partial charge >= 0.3 is 5.97 Å². The lowest BCUT2D eigenvalue weighted by Crippen LogP contribution is -2.15. The topological polar surface area (TPSA) is 73.2 Å². The Morgan fingerprint density at radius 3 is 2.59 bits per heavy atom. The monoisotopic (exact) mass is 336 g/mol. The molecule has 0 amide bonds. The molecule has 6 heteroatoms. The number of carboxylic acids is 1. The predicted octanol–water partition coefficient (Wildman–Crippen LogP) is 4.37. The summed E-state index contributed by atoms with van der Waals surface area (Å²) < 4.78 is 0. The highest BCUT2D eigenvalue weighted by molar-refractivity contribution is 6.42. The van der Waals surface area contributed by atoms with Gasteiger partial charge in [-0.05, 0) is 36.2 Å². The number of aliphatic carboxylic acids is 1. The lowest BCUT2D eigenvalue weighted by molar-refractivity contribution is -0.129. The van der Waals surface area contributed by atoms with Crippen molar-refractivity contribution < 1.29 is 9.90 Å². The van der Waals surface area contributed by atoms with Crippen LogP contribution in [0.5, 0.6) is 0 Å². The summed E-state index contributed by atoms with van der Waals surface area (Å²) in [5, 5.41) is 20.9. The van der Waals surface area contributed by atoms with E-state index < -0.39 is 11.7 Å². The molecule has 0 heterocycles. The molecule has 0 fully saturated rings. The molecule has 0 aliphatic carbocycles. The van der Waals surface area contributed by atoms with Crippen molar-refractivity contribution in [2.45, 2.75) is 13.5 Å². The van der Waals surface area contributed by atoms with E-state index in [0.717, 1.165) is 11.1 Å². The number of anilines is 1. The SMILES string of the molecule is Cc1ccc(C(=N)C(=O)O)c(NCc2ccc(Cl)cc2Cl)c1. The normalized spacial score (nSPS) is 10.3. The highest BCUT2D eigenvalue weighted by Gasteiger charge is 2.14. The van der Waals surface area contributed by atoms with Gasteiger partial charge < -0.3 is 10.4 Å². The standard InChI is InChI=1S/C16H14Cl2N2O2/c1-9-2-5-12(15(19)16(21)22)14(6-9)20-8-10-3-4-11(17)7-13(10)18/h2-7,19-20H,8H2,1H3,(H,21,22). The molecule has 0 spiro atoms. The van der Waals surface area contributed by atoms with E-state index in [-0.39, 0.29) is 0 Å². The molecule has 0 atom stereocenters. The summed E-state index contributed by atoms with van der Waals surface area (Å²) in [6.07, 6.45) is 0. The van der Waals surface area contributed by atoms with Crippen LogP contribution in [-0.2, 0) is 11.3 Å². The first-order valence-electron chi connectivity index (χ1n) is 6.49. The van der Waals surface area contributed by atoms with Gasteiger partial charge in [-0.2, -0.15) is 0 Å². The highest BCUT2D eigenvalue weighted by Crippen LogP contribution is 2.24. The number of aryl methyl sites for hydroxylation is 1. The molecule has 0 unspecified atom stereocenters. The first-order valence-corrected chi connectivity index (χ1v) is 7.24. The van der Waals surface area contributed by atoms with E-state index >= 15 is 0 Å². The minimum absolute atomic E-state index is 0.336. The zero-order valence-corrected chi connectivity index (χ0v) is 13.3. The molecule has 0 saturated carbocycles. The maximum absolute atomic E-state index is 11.0. The number of benzene rings is 2. The van der Waals surface area contributed by atoms with Crippen LogP contribution >= 0.6 is 23.2 Å². The van der Waals surface area contributed by atoms with E-state index in [9.17, 15) is 4.79 Å². The first-order chi connectivity index (χ1) is 10.4. The van der Waals surface area contributed by atoms with Gasteiger partial charge in [0.05, 0.1) is 0 Å². The van der Waals surface area contributed by atoms with Gasteiger partial charge in [0.15, 0.2) is 0 Å². The molecular formula is C16H14Cl2N2O2. The zero-order chi connectivity index (χ0) is 16.3. The van der Waals surface area contributed by atoms with Gasteiger partial charge in [0.1, 0.15) is 5.71 Å². The number of rotatable bonds is 5. The summed E-state index contributed by atoms with van der Waals surface area (Å²) in [5.74, 6) is -1.27. The number of carbonyl (C=O) groups is 1. The second kappa shape index (κ2) is 6.81. The second-order valence-electron chi connectivity index (χ2n) is 4.82. The number of carboxylic acid groups (broad SMARTS) is 1. The van der Waals surface area contributed by atoms with Crippen molar-refractivity contribution >= 4 is 40.6 Å². The summed E-state index contributed by atoms with van der Waals surface area (Å²) in [5.41, 5.74) is 2.26. The van der Waals surface area contributed by atoms with Gasteiger partial charge in [0, 0.05) is 27.8 Å². The quantitative estimate of drug-likeness (QED) is 0.710. The molecule has 0 radical (unpaired) electrons. The van der Waals surface area contributed by atoms with Crippen LogP contribution in [-0.4, -0.2) is 16.8 Å². The molecule has 0 saturated heterocycles. The Kier molecular flexibility index (Phi) is 5.06. The Labute approximate surface area is 138 Å². The Hall–Kier alpha value is -2.04. The van der Waals surface area contributed by atoms with Crippen LogP contribution in [0.25, 0.3) is 0 Å². The molecular weight excluding hydrogens is 323 g/mol. The first kappa shape index (κ1) is 16.3. The Morgan fingerprint density at radius 1 is 1.23 bits per heavy atom. The molecule has 0 aliphatic heterocycles. The third kappa shape index (κ3) is 3.78. The van der Waals surface area contributed by atoms with Gasteiger partial charge in [0.2, 0.25) is 0 Å². The zero-order valence-electron chi connectivity index (χ0n) is 11.8. The number of nitrogens with one attached hydrogen (secondary N) is 2. The van der Waals surface area contributed by atoms with Gasteiger partial charge in [-0.15, -0.1) is 0 Å². The van der Waals surface area contributed by atoms with Crippen molar-refractivity contribution in [3.8, 4) is 0 Å². The van der Waals surface area contributed by atoms with Crippen molar-refractivity contribution in [3.05, 3.63) is 63.1 Å². The van der Waals surface area contributed by atoms with Crippen LogP contribution in [0.2, 0.25) is 10.0 Å². The summed E-state index contributed by atoms with van der Waals surface area (Å²) >= 11 is 12.0. The third-order valence-corrected chi connectivity index (χ3v) is 3.73. The third-order valence-electron chi connectivity index (χ3n) is 3.14. The average molecular weight is 337 g/mol. The molecule has 3 N–H and O–H groups in total. The maximum Gasteiger partial charge on any atom is 0.354 e. The summed E-state index contributed by atoms with van der Waals surface area (Å²) in [7, 11) is 0. The minimum atomic E-state index is -1.27. The van der Waals surface area contributed by atoms with Crippen LogP contribution in [0.15, 0.2) is 36.4 Å². The van der Waals surface area contributed by atoms with Crippen molar-refractivity contribution in [1.29, 1.82) is 5.41 Å². The van der Waals surface area contributed by atoms with Gasteiger partial charge in [-0.25, -0.2) is 4.79 Å². The lowest BCUT2D eigenvalue weighted by Gasteiger charge is -2.13. The van der Waals surface area contributed by atoms with Gasteiger partial charge in [0.25, 0.3) is 0 Å². The Bertz CT molecular complexity index is 745. The second-order valence-corrected chi connectivity index (χ2v) is 5.66. The average Bonchev–Trinajstić information content (AvgIpc) is 2.45. The summed E-state index contributed by atoms with van der Waals surface area (Å²) in [6, 6.07) is 10.4. The fourth-order valence-corrected chi connectivity index (χ4v) is 2.47. The lowest BCUT2D eigenvalue weighted by atomic mass is 10.0. The number of hydrogen-bond donors (Lipinski definition) is 3. The van der Waals surface area contributed by atoms with Crippen LogP contribution in [0.3, 0.4) is 0 Å². The van der Waals surface area contributed by atoms with E-state index in [4.69, 9.17) is 33.7 Å². The maximum atomic E-state index is 11.0. The smallest absolute Gasteiger partial charge is 0.354 e. The molecule has 2 rings (SSSR count). The number of hydrogen-bond acceptors (Lipinski definition) is 3. The van der Waals surface area contributed by atoms with E-state index in [0.29, 0.717) is 27.8 Å². The molecule has 2 aromatic rings. The Morgan fingerprint density at radius 2 is 1.95 bits per heavy atom. The molecule has 4 nitrogen and oxygen atoms in total. The summed E-state index contributed by atoms with van der Waals surface area (Å²) in [4.78, 5) is 11.0. The van der Waals surface area contributed by atoms with E-state index in [1.54, 1.807) is 36.4 Å². The largest absolute Gasteiger partial charge is 0.477 e. The van der Waals surface area contributed by atoms with Crippen molar-refractivity contribution in [1.82, 2.24) is 0 Å². The minimum Gasteiger partial charge on any atom is -0.477 e. The van der Waals surface area contributed by atoms with E-state index in [1.165, 1.54) is 0 Å². The van der Waals surface area contributed by atoms with Crippen LogP contribution in [0.4, 0.5) is 5.69 Å². The number of halogens is 2. The van der Waals surface area contributed by atoms with Crippen molar-refractivity contribution in [2.24, 2.45) is 0 Å². The van der Waals surface area contributed by atoms with Gasteiger partial charge in [-0.1, -0.05) is 41.4 Å². The molecule has 0 bridgehead atoms. The van der Waals surface area contributed by atoms with Crippen LogP contribution in [0, 0.1) is 12.3 Å². The fourth-order valence-electron chi connectivity index (χ4n) is 1.99. The van der Waals surface area contributed by atoms with E-state index in [1.807, 2.05) is 6.92 Å². The predicted molar refractivity (Wildman–Crippen MR) is 89.4 cm³/mol. The van der Waals surface area contributed by atoms with Gasteiger partial charge in [-0.3, -0.25) is 5.41 Å². The van der Waals surface area contributed by atoms with E-state index in [2.05, 4.69) is 5.32 Å². The van der Waals surface area contributed by atoms with Crippen molar-refractivity contribution in [2.75, 3.05) is 5.32 Å². The molecule has 2 aromatic carbocycles. The molecule has 0 aliphatic rings.